The molecule has 0 aromatic heterocycles. The first-order valence-corrected chi connectivity index (χ1v) is 12.3. The molecule has 3 atom stereocenters. The van der Waals surface area contributed by atoms with E-state index in [2.05, 4.69) is 10.6 Å². The predicted molar refractivity (Wildman–Crippen MR) is 120 cm³/mol. The average molecular weight is 443 g/mol. The van der Waals surface area contributed by atoms with E-state index in [1.54, 1.807) is 36.4 Å². The van der Waals surface area contributed by atoms with Gasteiger partial charge in [0.05, 0.1) is 24.2 Å². The third kappa shape index (κ3) is 4.42. The third-order valence-electron chi connectivity index (χ3n) is 6.55. The lowest BCUT2D eigenvalue weighted by molar-refractivity contribution is -0.120. The Hall–Kier alpha value is -2.54. The van der Waals surface area contributed by atoms with E-state index in [0.717, 1.165) is 23.5 Å². The van der Waals surface area contributed by atoms with Crippen molar-refractivity contribution >= 4 is 21.4 Å². The number of aryl methyl sites for hydroxylation is 2. The second-order valence-corrected chi connectivity index (χ2v) is 10.8. The number of nitrogens with one attached hydrogen (secondary N) is 2. The Morgan fingerprint density at radius 2 is 1.81 bits per heavy atom. The highest BCUT2D eigenvalue weighted by Crippen LogP contribution is 2.44. The van der Waals surface area contributed by atoms with Crippen molar-refractivity contribution < 1.29 is 17.9 Å². The van der Waals surface area contributed by atoms with Crippen LogP contribution in [0.3, 0.4) is 0 Å². The lowest BCUT2D eigenvalue weighted by Crippen LogP contribution is -2.41. The molecule has 2 aliphatic rings. The fourth-order valence-electron chi connectivity index (χ4n) is 4.98. The quantitative estimate of drug-likeness (QED) is 0.680. The smallest absolute Gasteiger partial charge is 0.239 e. The molecule has 1 amide bonds. The Morgan fingerprint density at radius 1 is 1.06 bits per heavy atom. The third-order valence-corrected chi connectivity index (χ3v) is 8.32. The molecule has 2 aromatic carbocycles. The molecule has 0 saturated heterocycles. The predicted octanol–water partition coefficient (Wildman–Crippen LogP) is 3.86. The number of hydrogen-bond donors (Lipinski definition) is 2. The van der Waals surface area contributed by atoms with Crippen LogP contribution in [0.5, 0.6) is 5.75 Å². The zero-order valence-electron chi connectivity index (χ0n) is 18.3. The van der Waals surface area contributed by atoms with Gasteiger partial charge in [0.25, 0.3) is 0 Å². The fraction of sp³-hybridized carbons (Fsp3) is 0.458. The first kappa shape index (κ1) is 21.7. The van der Waals surface area contributed by atoms with Crippen LogP contribution in [-0.4, -0.2) is 34.0 Å². The lowest BCUT2D eigenvalue weighted by atomic mass is 9.95. The van der Waals surface area contributed by atoms with Gasteiger partial charge in [0.15, 0.2) is 5.75 Å². The lowest BCUT2D eigenvalue weighted by Gasteiger charge is -2.23. The van der Waals surface area contributed by atoms with E-state index < -0.39 is 9.84 Å². The summed E-state index contributed by atoms with van der Waals surface area (Å²) < 4.78 is 32.1. The highest BCUT2D eigenvalue weighted by molar-refractivity contribution is 7.91. The van der Waals surface area contributed by atoms with E-state index in [0.29, 0.717) is 11.6 Å². The molecule has 0 spiro atoms. The molecular weight excluding hydrogens is 412 g/mol. The summed E-state index contributed by atoms with van der Waals surface area (Å²) in [5.41, 5.74) is 2.25. The summed E-state index contributed by atoms with van der Waals surface area (Å²) in [5, 5.41) is 6.24. The Morgan fingerprint density at radius 3 is 2.42 bits per heavy atom. The summed E-state index contributed by atoms with van der Waals surface area (Å²) in [6, 6.07) is 10.4. The van der Waals surface area contributed by atoms with E-state index >= 15 is 0 Å². The number of rotatable bonds is 7. The van der Waals surface area contributed by atoms with Gasteiger partial charge in [-0.2, -0.15) is 0 Å². The summed E-state index contributed by atoms with van der Waals surface area (Å²) in [7, 11) is -2.33. The molecule has 6 nitrogen and oxygen atoms in total. The second kappa shape index (κ2) is 8.54. The number of methoxy groups -OCH3 is 1. The van der Waals surface area contributed by atoms with Gasteiger partial charge in [0.2, 0.25) is 15.7 Å². The Labute approximate surface area is 184 Å². The summed E-state index contributed by atoms with van der Waals surface area (Å²) in [6.45, 7) is 3.80. The summed E-state index contributed by atoms with van der Waals surface area (Å²) in [5.74, 6) is 1.51. The number of carbonyl (C=O) groups is 1. The van der Waals surface area contributed by atoms with Crippen molar-refractivity contribution in [3.63, 3.8) is 0 Å². The number of hydrogen-bond acceptors (Lipinski definition) is 5. The van der Waals surface area contributed by atoms with E-state index in [9.17, 15) is 13.2 Å². The first-order valence-electron chi connectivity index (χ1n) is 10.8. The van der Waals surface area contributed by atoms with E-state index in [1.807, 2.05) is 13.8 Å². The highest BCUT2D eigenvalue weighted by Gasteiger charge is 2.40. The van der Waals surface area contributed by atoms with Gasteiger partial charge in [-0.3, -0.25) is 4.79 Å². The first-order chi connectivity index (χ1) is 14.8. The number of amides is 1. The number of fused-ring (bicyclic) bond motifs is 2. The molecule has 2 aliphatic carbocycles. The number of benzene rings is 2. The van der Waals surface area contributed by atoms with Gasteiger partial charge in [-0.25, -0.2) is 8.42 Å². The molecular formula is C24H30N2O4S. The van der Waals surface area contributed by atoms with Crippen LogP contribution in [0.25, 0.3) is 0 Å². The van der Waals surface area contributed by atoms with Gasteiger partial charge in [-0.05, 0) is 74.8 Å². The maximum absolute atomic E-state index is 13.3. The van der Waals surface area contributed by atoms with Gasteiger partial charge in [-0.1, -0.05) is 24.1 Å². The molecule has 0 heterocycles. The summed E-state index contributed by atoms with van der Waals surface area (Å²) in [4.78, 5) is 12.8. The minimum Gasteiger partial charge on any atom is -0.493 e. The van der Waals surface area contributed by atoms with Crippen LogP contribution in [0.15, 0.2) is 46.2 Å². The zero-order valence-corrected chi connectivity index (χ0v) is 19.1. The van der Waals surface area contributed by atoms with E-state index in [1.165, 1.54) is 26.4 Å². The monoisotopic (exact) mass is 442 g/mol. The van der Waals surface area contributed by atoms with Gasteiger partial charge < -0.3 is 15.4 Å². The molecule has 7 heteroatoms. The van der Waals surface area contributed by atoms with Crippen molar-refractivity contribution in [1.82, 2.24) is 5.32 Å². The van der Waals surface area contributed by atoms with Crippen molar-refractivity contribution in [2.75, 3.05) is 19.0 Å². The van der Waals surface area contributed by atoms with Crippen molar-refractivity contribution in [3.8, 4) is 5.75 Å². The molecule has 2 bridgehead atoms. The minimum absolute atomic E-state index is 0.0672. The highest BCUT2D eigenvalue weighted by atomic mass is 32.2. The zero-order chi connectivity index (χ0) is 22.2. The van der Waals surface area contributed by atoms with Crippen molar-refractivity contribution in [2.24, 2.45) is 11.8 Å². The van der Waals surface area contributed by atoms with Gasteiger partial charge in [0, 0.05) is 6.04 Å². The Kier molecular flexibility index (Phi) is 5.97. The van der Waals surface area contributed by atoms with Gasteiger partial charge in [-0.15, -0.1) is 0 Å². The van der Waals surface area contributed by atoms with Crippen molar-refractivity contribution in [1.29, 1.82) is 0 Å². The van der Waals surface area contributed by atoms with Gasteiger partial charge in [0.1, 0.15) is 4.90 Å². The SMILES string of the molecule is COc1c(NCC(=O)NC2CC3CCC2C3)cc(C)cc1S(=O)(=O)c1ccc(C)cc1. The summed E-state index contributed by atoms with van der Waals surface area (Å²) in [6.07, 6.45) is 4.79. The molecule has 2 fully saturated rings. The topological polar surface area (TPSA) is 84.5 Å². The Bertz CT molecular complexity index is 1080. The fourth-order valence-corrected chi connectivity index (χ4v) is 6.51. The van der Waals surface area contributed by atoms with Crippen molar-refractivity contribution in [2.45, 2.75) is 55.4 Å². The van der Waals surface area contributed by atoms with E-state index in [-0.39, 0.29) is 34.0 Å². The van der Waals surface area contributed by atoms with Crippen molar-refractivity contribution in [3.05, 3.63) is 47.5 Å². The van der Waals surface area contributed by atoms with E-state index in [4.69, 9.17) is 4.74 Å². The Balaban J connectivity index is 1.53. The molecule has 166 valence electrons. The number of ether oxygens (including phenoxy) is 1. The molecule has 0 aliphatic heterocycles. The molecule has 3 unspecified atom stereocenters. The second-order valence-electron chi connectivity index (χ2n) is 8.86. The number of sulfone groups is 1. The number of carbonyl (C=O) groups excluding carboxylic acids is 1. The van der Waals surface area contributed by atoms with Crippen LogP contribution in [-0.2, 0) is 14.6 Å². The standard InChI is InChI=1S/C24H30N2O4S/c1-15-4-8-19(9-5-15)31(28,29)22-11-16(2)10-21(24(22)30-3)25-14-23(27)26-20-13-17-6-7-18(20)12-17/h4-5,8-11,17-18,20,25H,6-7,12-14H2,1-3H3,(H,26,27). The average Bonchev–Trinajstić information content (AvgIpc) is 3.35. The van der Waals surface area contributed by atoms with Crippen LogP contribution < -0.4 is 15.4 Å². The molecule has 31 heavy (non-hydrogen) atoms. The largest absolute Gasteiger partial charge is 0.493 e. The molecule has 2 N–H and O–H groups in total. The summed E-state index contributed by atoms with van der Waals surface area (Å²) >= 11 is 0. The normalized spacial score (nSPS) is 22.4. The molecule has 4 rings (SSSR count). The molecule has 2 saturated carbocycles. The van der Waals surface area contributed by atoms with Gasteiger partial charge >= 0.3 is 0 Å². The van der Waals surface area contributed by atoms with Crippen LogP contribution in [0, 0.1) is 25.7 Å². The maximum Gasteiger partial charge on any atom is 0.239 e. The number of anilines is 1. The molecule has 0 radical (unpaired) electrons. The van der Waals surface area contributed by atoms with Crippen LogP contribution in [0.1, 0.15) is 36.8 Å². The molecule has 2 aromatic rings. The van der Waals surface area contributed by atoms with Crippen LogP contribution in [0.4, 0.5) is 5.69 Å². The maximum atomic E-state index is 13.3. The van der Waals surface area contributed by atoms with Crippen LogP contribution in [0.2, 0.25) is 0 Å². The van der Waals surface area contributed by atoms with Crippen LogP contribution >= 0.6 is 0 Å². The minimum atomic E-state index is -3.77.